The van der Waals surface area contributed by atoms with Crippen LogP contribution in [0.2, 0.25) is 0 Å². The number of ether oxygens (including phenoxy) is 1. The number of carboxylic acids is 1. The lowest BCUT2D eigenvalue weighted by Crippen LogP contribution is -2.08. The number of nitrogens with zero attached hydrogens (tertiary/aromatic N) is 1. The Morgan fingerprint density at radius 3 is 2.70 bits per heavy atom. The minimum Gasteiger partial charge on any atom is -0.477 e. The number of carboxylic acid groups (broad SMARTS) is 1. The van der Waals surface area contributed by atoms with Crippen molar-refractivity contribution in [2.24, 2.45) is 5.92 Å². The van der Waals surface area contributed by atoms with E-state index in [2.05, 4.69) is 13.8 Å². The number of hydrogen-bond acceptors (Lipinski definition) is 4. The Labute approximate surface area is 117 Å². The van der Waals surface area contributed by atoms with Gasteiger partial charge in [0.25, 0.3) is 5.69 Å². The molecule has 1 aromatic carbocycles. The van der Waals surface area contributed by atoms with Crippen molar-refractivity contribution in [1.29, 1.82) is 0 Å². The fraction of sp³-hybridized carbons (Fsp3) is 0.500. The quantitative estimate of drug-likeness (QED) is 0.449. The summed E-state index contributed by atoms with van der Waals surface area (Å²) in [6.45, 7) is 4.81. The first-order valence-corrected chi connectivity index (χ1v) is 6.50. The van der Waals surface area contributed by atoms with E-state index in [4.69, 9.17) is 9.84 Å². The van der Waals surface area contributed by atoms with Crippen LogP contribution >= 0.6 is 0 Å². The highest BCUT2D eigenvalue weighted by Crippen LogP contribution is 2.23. The number of nitro benzene ring substituents is 1. The number of rotatable bonds is 8. The van der Waals surface area contributed by atoms with Crippen LogP contribution in [0.4, 0.5) is 5.69 Å². The summed E-state index contributed by atoms with van der Waals surface area (Å²) < 4.78 is 5.41. The Bertz CT molecular complexity index is 484. The Hall–Kier alpha value is -1.95. The zero-order chi connectivity index (χ0) is 15.1. The summed E-state index contributed by atoms with van der Waals surface area (Å²) >= 11 is 0. The molecule has 0 amide bonds. The SMILES string of the molecule is CC(C)CCCOCc1cccc([N+](=O)[O-])c1C(=O)O. The zero-order valence-electron chi connectivity index (χ0n) is 11.7. The van der Waals surface area contributed by atoms with E-state index in [1.807, 2.05) is 0 Å². The molecule has 0 saturated carbocycles. The topological polar surface area (TPSA) is 89.7 Å². The summed E-state index contributed by atoms with van der Waals surface area (Å²) in [4.78, 5) is 21.3. The van der Waals surface area contributed by atoms with Crippen molar-refractivity contribution in [2.75, 3.05) is 6.61 Å². The van der Waals surface area contributed by atoms with E-state index in [-0.39, 0.29) is 12.2 Å². The van der Waals surface area contributed by atoms with Crippen molar-refractivity contribution in [1.82, 2.24) is 0 Å². The average Bonchev–Trinajstić information content (AvgIpc) is 2.37. The molecule has 0 fully saturated rings. The van der Waals surface area contributed by atoms with Crippen LogP contribution in [-0.4, -0.2) is 22.6 Å². The molecular weight excluding hydrogens is 262 g/mol. The summed E-state index contributed by atoms with van der Waals surface area (Å²) in [5.41, 5.74) is -0.363. The molecule has 0 saturated heterocycles. The fourth-order valence-electron chi connectivity index (χ4n) is 1.88. The Balaban J connectivity index is 2.72. The van der Waals surface area contributed by atoms with Crippen molar-refractivity contribution < 1.29 is 19.6 Å². The van der Waals surface area contributed by atoms with Crippen molar-refractivity contribution in [2.45, 2.75) is 33.3 Å². The molecule has 6 nitrogen and oxygen atoms in total. The maximum Gasteiger partial charge on any atom is 0.343 e. The van der Waals surface area contributed by atoms with Crippen molar-refractivity contribution in [3.05, 3.63) is 39.4 Å². The van der Waals surface area contributed by atoms with Crippen LogP contribution < -0.4 is 0 Å². The molecule has 0 unspecified atom stereocenters. The van der Waals surface area contributed by atoms with Crippen LogP contribution in [-0.2, 0) is 11.3 Å². The zero-order valence-corrected chi connectivity index (χ0v) is 11.7. The van der Waals surface area contributed by atoms with E-state index < -0.39 is 16.6 Å². The van der Waals surface area contributed by atoms with Crippen LogP contribution in [0.1, 0.15) is 42.6 Å². The highest BCUT2D eigenvalue weighted by Gasteiger charge is 2.23. The van der Waals surface area contributed by atoms with Gasteiger partial charge in [0.2, 0.25) is 0 Å². The van der Waals surface area contributed by atoms with E-state index in [1.165, 1.54) is 12.1 Å². The maximum atomic E-state index is 11.2. The molecule has 0 bridgehead atoms. The van der Waals surface area contributed by atoms with Gasteiger partial charge in [0.15, 0.2) is 0 Å². The van der Waals surface area contributed by atoms with E-state index in [9.17, 15) is 14.9 Å². The predicted octanol–water partition coefficient (Wildman–Crippen LogP) is 3.25. The lowest BCUT2D eigenvalue weighted by Gasteiger charge is -2.08. The van der Waals surface area contributed by atoms with Gasteiger partial charge in [-0.15, -0.1) is 0 Å². The van der Waals surface area contributed by atoms with Gasteiger partial charge in [0.05, 0.1) is 11.5 Å². The van der Waals surface area contributed by atoms with E-state index in [0.717, 1.165) is 12.8 Å². The molecule has 1 rings (SSSR count). The Kier molecular flexibility index (Phi) is 6.11. The normalized spacial score (nSPS) is 10.8. The maximum absolute atomic E-state index is 11.2. The molecule has 1 N–H and O–H groups in total. The van der Waals surface area contributed by atoms with Crippen LogP contribution in [0.5, 0.6) is 0 Å². The fourth-order valence-corrected chi connectivity index (χ4v) is 1.88. The number of benzene rings is 1. The lowest BCUT2D eigenvalue weighted by atomic mass is 10.1. The van der Waals surface area contributed by atoms with E-state index >= 15 is 0 Å². The van der Waals surface area contributed by atoms with Gasteiger partial charge in [-0.25, -0.2) is 4.79 Å². The van der Waals surface area contributed by atoms with Crippen molar-refractivity contribution in [3.8, 4) is 0 Å². The molecule has 6 heteroatoms. The second-order valence-corrected chi connectivity index (χ2v) is 4.96. The smallest absolute Gasteiger partial charge is 0.343 e. The van der Waals surface area contributed by atoms with Gasteiger partial charge in [0.1, 0.15) is 5.56 Å². The van der Waals surface area contributed by atoms with Crippen LogP contribution in [0.15, 0.2) is 18.2 Å². The minimum atomic E-state index is -1.31. The molecule has 0 aliphatic heterocycles. The first-order chi connectivity index (χ1) is 9.43. The van der Waals surface area contributed by atoms with Gasteiger partial charge in [-0.1, -0.05) is 26.0 Å². The number of aromatic carboxylic acids is 1. The van der Waals surface area contributed by atoms with Crippen molar-refractivity contribution in [3.63, 3.8) is 0 Å². The highest BCUT2D eigenvalue weighted by molar-refractivity contribution is 5.94. The van der Waals surface area contributed by atoms with Crippen molar-refractivity contribution >= 4 is 11.7 Å². The third-order valence-electron chi connectivity index (χ3n) is 2.87. The highest BCUT2D eigenvalue weighted by atomic mass is 16.6. The molecule has 0 aliphatic rings. The Morgan fingerprint density at radius 2 is 2.15 bits per heavy atom. The largest absolute Gasteiger partial charge is 0.477 e. The molecule has 0 spiro atoms. The molecule has 20 heavy (non-hydrogen) atoms. The molecule has 0 atom stereocenters. The molecule has 0 aromatic heterocycles. The van der Waals surface area contributed by atoms with Gasteiger partial charge in [-0.05, 0) is 24.3 Å². The molecule has 0 radical (unpaired) electrons. The molecule has 110 valence electrons. The summed E-state index contributed by atoms with van der Waals surface area (Å²) in [5.74, 6) is -0.718. The van der Waals surface area contributed by atoms with E-state index in [0.29, 0.717) is 18.1 Å². The molecule has 0 heterocycles. The Morgan fingerprint density at radius 1 is 1.45 bits per heavy atom. The molecular formula is C14H19NO5. The first-order valence-electron chi connectivity index (χ1n) is 6.50. The van der Waals surface area contributed by atoms with Crippen LogP contribution in [0.25, 0.3) is 0 Å². The van der Waals surface area contributed by atoms with Gasteiger partial charge < -0.3 is 9.84 Å². The molecule has 0 aliphatic carbocycles. The van der Waals surface area contributed by atoms with E-state index in [1.54, 1.807) is 6.07 Å². The third kappa shape index (κ3) is 4.62. The summed E-state index contributed by atoms with van der Waals surface area (Å²) in [6.07, 6.45) is 1.91. The number of nitro groups is 1. The van der Waals surface area contributed by atoms with Crippen LogP contribution in [0.3, 0.4) is 0 Å². The van der Waals surface area contributed by atoms with Gasteiger partial charge in [-0.3, -0.25) is 10.1 Å². The second kappa shape index (κ2) is 7.59. The first kappa shape index (κ1) is 16.1. The number of hydrogen-bond donors (Lipinski definition) is 1. The summed E-state index contributed by atoms with van der Waals surface area (Å²) in [6, 6.07) is 4.20. The predicted molar refractivity (Wildman–Crippen MR) is 73.8 cm³/mol. The van der Waals surface area contributed by atoms with Gasteiger partial charge >= 0.3 is 5.97 Å². The van der Waals surface area contributed by atoms with Crippen LogP contribution in [0, 0.1) is 16.0 Å². The lowest BCUT2D eigenvalue weighted by molar-refractivity contribution is -0.385. The molecule has 1 aromatic rings. The summed E-state index contributed by atoms with van der Waals surface area (Å²) in [5, 5.41) is 19.9. The minimum absolute atomic E-state index is 0.0708. The van der Waals surface area contributed by atoms with Gasteiger partial charge in [-0.2, -0.15) is 0 Å². The monoisotopic (exact) mass is 281 g/mol. The summed E-state index contributed by atoms with van der Waals surface area (Å²) in [7, 11) is 0. The average molecular weight is 281 g/mol. The van der Waals surface area contributed by atoms with Gasteiger partial charge in [0, 0.05) is 12.7 Å². The number of carbonyl (C=O) groups is 1. The standard InChI is InChI=1S/C14H19NO5/c1-10(2)5-4-8-20-9-11-6-3-7-12(15(18)19)13(11)14(16)17/h3,6-7,10H,4-5,8-9H2,1-2H3,(H,16,17). The third-order valence-corrected chi connectivity index (χ3v) is 2.87. The second-order valence-electron chi connectivity index (χ2n) is 4.96.